The van der Waals surface area contributed by atoms with Crippen LogP contribution in [0.25, 0.3) is 0 Å². The second-order valence-electron chi connectivity index (χ2n) is 5.97. The van der Waals surface area contributed by atoms with Crippen LogP contribution in [-0.2, 0) is 5.41 Å². The number of rotatable bonds is 3. The van der Waals surface area contributed by atoms with Crippen LogP contribution in [-0.4, -0.2) is 15.9 Å². The number of carbonyl (C=O) groups excluding carboxylic acids is 1. The zero-order chi connectivity index (χ0) is 14.9. The fourth-order valence-corrected chi connectivity index (χ4v) is 3.24. The first-order valence-electron chi connectivity index (χ1n) is 6.50. The van der Waals surface area contributed by atoms with E-state index in [1.54, 1.807) is 5.38 Å². The standard InChI is InChI=1S/C14H19N3OS2/c1-8(2)12-15-9(6-19-12)11(18)17-13-16-10(7-20-13)14(3,4)5/h6-8H,1-5H3,(H,16,17,18). The predicted octanol–water partition coefficient (Wildman–Crippen LogP) is 4.27. The fraction of sp³-hybridized carbons (Fsp3) is 0.500. The van der Waals surface area contributed by atoms with E-state index < -0.39 is 0 Å². The van der Waals surface area contributed by atoms with Gasteiger partial charge in [0, 0.05) is 22.1 Å². The van der Waals surface area contributed by atoms with Crippen LogP contribution in [0.4, 0.5) is 5.13 Å². The monoisotopic (exact) mass is 309 g/mol. The lowest BCUT2D eigenvalue weighted by atomic mass is 9.93. The van der Waals surface area contributed by atoms with Gasteiger partial charge >= 0.3 is 0 Å². The van der Waals surface area contributed by atoms with Gasteiger partial charge in [-0.25, -0.2) is 9.97 Å². The summed E-state index contributed by atoms with van der Waals surface area (Å²) in [4.78, 5) is 20.9. The molecule has 6 heteroatoms. The Labute approximate surface area is 127 Å². The van der Waals surface area contributed by atoms with E-state index in [0.29, 0.717) is 16.7 Å². The number of aromatic nitrogens is 2. The second-order valence-corrected chi connectivity index (χ2v) is 7.72. The molecule has 1 N–H and O–H groups in total. The number of carbonyl (C=O) groups is 1. The molecule has 2 heterocycles. The van der Waals surface area contributed by atoms with Crippen molar-refractivity contribution in [1.29, 1.82) is 0 Å². The maximum Gasteiger partial charge on any atom is 0.276 e. The molecule has 0 fully saturated rings. The average Bonchev–Trinajstić information content (AvgIpc) is 2.95. The molecule has 0 radical (unpaired) electrons. The lowest BCUT2D eigenvalue weighted by molar-refractivity contribution is 0.102. The van der Waals surface area contributed by atoms with E-state index in [9.17, 15) is 4.79 Å². The zero-order valence-electron chi connectivity index (χ0n) is 12.4. The molecule has 108 valence electrons. The number of nitrogens with one attached hydrogen (secondary N) is 1. The number of amides is 1. The molecule has 0 aliphatic carbocycles. The molecule has 0 bridgehead atoms. The number of nitrogens with zero attached hydrogens (tertiary/aromatic N) is 2. The van der Waals surface area contributed by atoms with Crippen LogP contribution in [0.15, 0.2) is 10.8 Å². The van der Waals surface area contributed by atoms with Crippen LogP contribution < -0.4 is 5.32 Å². The lowest BCUT2D eigenvalue weighted by Gasteiger charge is -2.14. The Morgan fingerprint density at radius 2 is 1.90 bits per heavy atom. The Morgan fingerprint density at radius 3 is 2.40 bits per heavy atom. The maximum absolute atomic E-state index is 12.1. The molecule has 1 amide bonds. The molecule has 2 aromatic heterocycles. The molecule has 0 unspecified atom stereocenters. The van der Waals surface area contributed by atoms with Gasteiger partial charge in [0.05, 0.1) is 10.7 Å². The van der Waals surface area contributed by atoms with Crippen LogP contribution in [0.2, 0.25) is 0 Å². The van der Waals surface area contributed by atoms with Gasteiger partial charge in [0.25, 0.3) is 5.91 Å². The molecule has 0 aromatic carbocycles. The van der Waals surface area contributed by atoms with Crippen LogP contribution in [0, 0.1) is 0 Å². The summed E-state index contributed by atoms with van der Waals surface area (Å²) in [5, 5.41) is 8.19. The van der Waals surface area contributed by atoms with Crippen LogP contribution in [0.5, 0.6) is 0 Å². The Hall–Kier alpha value is -1.27. The van der Waals surface area contributed by atoms with Gasteiger partial charge in [-0.15, -0.1) is 22.7 Å². The minimum Gasteiger partial charge on any atom is -0.296 e. The molecular formula is C14H19N3OS2. The summed E-state index contributed by atoms with van der Waals surface area (Å²) < 4.78 is 0. The minimum atomic E-state index is -0.192. The SMILES string of the molecule is CC(C)c1nc(C(=O)Nc2nc(C(C)(C)C)cs2)cs1. The maximum atomic E-state index is 12.1. The van der Waals surface area contributed by atoms with E-state index in [1.165, 1.54) is 22.7 Å². The van der Waals surface area contributed by atoms with Gasteiger partial charge in [0.15, 0.2) is 5.13 Å². The van der Waals surface area contributed by atoms with Gasteiger partial charge in [-0.3, -0.25) is 10.1 Å². The van der Waals surface area contributed by atoms with E-state index >= 15 is 0 Å². The van der Waals surface area contributed by atoms with Gasteiger partial charge in [0.2, 0.25) is 0 Å². The van der Waals surface area contributed by atoms with Gasteiger partial charge in [-0.2, -0.15) is 0 Å². The molecule has 0 saturated heterocycles. The summed E-state index contributed by atoms with van der Waals surface area (Å²) in [6.07, 6.45) is 0. The molecule has 2 aromatic rings. The molecule has 0 atom stereocenters. The van der Waals surface area contributed by atoms with Crippen LogP contribution in [0.1, 0.15) is 61.7 Å². The van der Waals surface area contributed by atoms with Crippen molar-refractivity contribution in [2.24, 2.45) is 0 Å². The smallest absolute Gasteiger partial charge is 0.276 e. The number of thiazole rings is 2. The minimum absolute atomic E-state index is 0.00901. The third kappa shape index (κ3) is 3.43. The summed E-state index contributed by atoms with van der Waals surface area (Å²) in [6.45, 7) is 10.4. The lowest BCUT2D eigenvalue weighted by Crippen LogP contribution is -2.14. The fourth-order valence-electron chi connectivity index (χ4n) is 1.49. The summed E-state index contributed by atoms with van der Waals surface area (Å²) in [5.74, 6) is 0.150. The van der Waals surface area contributed by atoms with Crippen molar-refractivity contribution in [3.05, 3.63) is 27.2 Å². The number of hydrogen-bond donors (Lipinski definition) is 1. The highest BCUT2D eigenvalue weighted by atomic mass is 32.1. The highest BCUT2D eigenvalue weighted by molar-refractivity contribution is 7.14. The third-order valence-electron chi connectivity index (χ3n) is 2.74. The Balaban J connectivity index is 2.09. The highest BCUT2D eigenvalue weighted by Crippen LogP contribution is 2.27. The first kappa shape index (κ1) is 15.1. The van der Waals surface area contributed by atoms with Crippen molar-refractivity contribution in [2.75, 3.05) is 5.32 Å². The van der Waals surface area contributed by atoms with Gasteiger partial charge < -0.3 is 0 Å². The Kier molecular flexibility index (Phi) is 4.25. The van der Waals surface area contributed by atoms with E-state index in [2.05, 4.69) is 49.9 Å². The van der Waals surface area contributed by atoms with Crippen molar-refractivity contribution in [3.8, 4) is 0 Å². The van der Waals surface area contributed by atoms with E-state index in [1.807, 2.05) is 5.38 Å². The summed E-state index contributed by atoms with van der Waals surface area (Å²) in [7, 11) is 0. The molecule has 0 aliphatic rings. The van der Waals surface area contributed by atoms with Gasteiger partial charge in [-0.05, 0) is 0 Å². The van der Waals surface area contributed by atoms with E-state index in [4.69, 9.17) is 0 Å². The summed E-state index contributed by atoms with van der Waals surface area (Å²) in [5.41, 5.74) is 1.44. The second kappa shape index (κ2) is 5.61. The summed E-state index contributed by atoms with van der Waals surface area (Å²) >= 11 is 2.96. The number of hydrogen-bond acceptors (Lipinski definition) is 5. The molecular weight excluding hydrogens is 290 g/mol. The topological polar surface area (TPSA) is 54.9 Å². The molecule has 2 rings (SSSR count). The first-order chi connectivity index (χ1) is 9.27. The van der Waals surface area contributed by atoms with Crippen molar-refractivity contribution in [1.82, 2.24) is 9.97 Å². The van der Waals surface area contributed by atoms with Crippen LogP contribution in [0.3, 0.4) is 0 Å². The first-order valence-corrected chi connectivity index (χ1v) is 8.26. The zero-order valence-corrected chi connectivity index (χ0v) is 14.0. The predicted molar refractivity (Wildman–Crippen MR) is 85.0 cm³/mol. The molecule has 0 aliphatic heterocycles. The van der Waals surface area contributed by atoms with Gasteiger partial charge in [-0.1, -0.05) is 34.6 Å². The Bertz CT molecular complexity index is 608. The van der Waals surface area contributed by atoms with Gasteiger partial charge in [0.1, 0.15) is 5.69 Å². The van der Waals surface area contributed by atoms with E-state index in [-0.39, 0.29) is 11.3 Å². The van der Waals surface area contributed by atoms with E-state index in [0.717, 1.165) is 10.7 Å². The van der Waals surface area contributed by atoms with Crippen molar-refractivity contribution >= 4 is 33.7 Å². The molecule has 4 nitrogen and oxygen atoms in total. The number of anilines is 1. The molecule has 0 spiro atoms. The van der Waals surface area contributed by atoms with Crippen molar-refractivity contribution < 1.29 is 4.79 Å². The largest absolute Gasteiger partial charge is 0.296 e. The van der Waals surface area contributed by atoms with Crippen molar-refractivity contribution in [3.63, 3.8) is 0 Å². The average molecular weight is 309 g/mol. The molecule has 20 heavy (non-hydrogen) atoms. The Morgan fingerprint density at radius 1 is 1.20 bits per heavy atom. The third-order valence-corrected chi connectivity index (χ3v) is 4.64. The van der Waals surface area contributed by atoms with Crippen molar-refractivity contribution in [2.45, 2.75) is 46.0 Å². The highest BCUT2D eigenvalue weighted by Gasteiger charge is 2.19. The normalized spacial score (nSPS) is 11.9. The van der Waals surface area contributed by atoms with Crippen LogP contribution >= 0.6 is 22.7 Å². The quantitative estimate of drug-likeness (QED) is 0.921. The summed E-state index contributed by atoms with van der Waals surface area (Å²) in [6, 6.07) is 0. The molecule has 0 saturated carbocycles.